The van der Waals surface area contributed by atoms with Gasteiger partial charge in [-0.25, -0.2) is 0 Å². The third-order valence-electron chi connectivity index (χ3n) is 3.20. The number of benzene rings is 1. The second-order valence-electron chi connectivity index (χ2n) is 5.04. The van der Waals surface area contributed by atoms with Crippen LogP contribution in [0.4, 0.5) is 5.69 Å². The van der Waals surface area contributed by atoms with Gasteiger partial charge in [-0.3, -0.25) is 9.59 Å². The zero-order valence-corrected chi connectivity index (χ0v) is 15.2. The van der Waals surface area contributed by atoms with Crippen molar-refractivity contribution in [1.82, 2.24) is 5.32 Å². The minimum Gasteiger partial charge on any atom is -0.370 e. The summed E-state index contributed by atoms with van der Waals surface area (Å²) in [5.41, 5.74) is 5.95. The van der Waals surface area contributed by atoms with E-state index < -0.39 is 0 Å². The number of thioether (sulfide) groups is 2. The van der Waals surface area contributed by atoms with E-state index in [1.165, 1.54) is 11.8 Å². The molecule has 1 heterocycles. The van der Waals surface area contributed by atoms with Gasteiger partial charge < -0.3 is 16.4 Å². The minimum absolute atomic E-state index is 0. The van der Waals surface area contributed by atoms with Gasteiger partial charge in [0, 0.05) is 47.6 Å². The first-order valence-electron chi connectivity index (χ1n) is 7.26. The van der Waals surface area contributed by atoms with Crippen LogP contribution in [0.2, 0.25) is 0 Å². The third kappa shape index (κ3) is 7.48. The van der Waals surface area contributed by atoms with Gasteiger partial charge >= 0.3 is 0 Å². The fraction of sp³-hybridized carbons (Fsp3) is 0.467. The Bertz CT molecular complexity index is 525. The molecular weight excluding hydrogens is 354 g/mol. The van der Waals surface area contributed by atoms with E-state index in [0.29, 0.717) is 18.6 Å². The summed E-state index contributed by atoms with van der Waals surface area (Å²) >= 11 is 3.41. The van der Waals surface area contributed by atoms with Crippen molar-refractivity contribution in [2.75, 3.05) is 29.1 Å². The van der Waals surface area contributed by atoms with Crippen LogP contribution in [0.1, 0.15) is 12.8 Å². The fourth-order valence-electron chi connectivity index (χ4n) is 2.13. The van der Waals surface area contributed by atoms with Gasteiger partial charge in [0.15, 0.2) is 0 Å². The van der Waals surface area contributed by atoms with Crippen molar-refractivity contribution in [3.63, 3.8) is 0 Å². The molecule has 0 saturated carbocycles. The van der Waals surface area contributed by atoms with E-state index in [1.807, 2.05) is 36.0 Å². The lowest BCUT2D eigenvalue weighted by Gasteiger charge is -2.22. The highest BCUT2D eigenvalue weighted by atomic mass is 35.5. The molecule has 128 valence electrons. The number of carbonyl (C=O) groups excluding carboxylic acids is 2. The SMILES string of the molecule is Cl.NC(=O)CCSc1ccccc1NC(=O)CC1CSCCN1. The van der Waals surface area contributed by atoms with Gasteiger partial charge in [0.05, 0.1) is 5.69 Å². The number of halogens is 1. The predicted molar refractivity (Wildman–Crippen MR) is 101 cm³/mol. The molecule has 2 amide bonds. The molecule has 1 aliphatic rings. The van der Waals surface area contributed by atoms with Gasteiger partial charge in [-0.2, -0.15) is 11.8 Å². The standard InChI is InChI=1S/C15H21N3O2S2.ClH/c16-14(19)5-7-22-13-4-2-1-3-12(13)18-15(20)9-11-10-21-8-6-17-11;/h1-4,11,17H,5-10H2,(H2,16,19)(H,18,20);1H. The highest BCUT2D eigenvalue weighted by molar-refractivity contribution is 7.99. The molecule has 0 aliphatic carbocycles. The molecule has 1 fully saturated rings. The quantitative estimate of drug-likeness (QED) is 0.635. The Morgan fingerprint density at radius 1 is 1.39 bits per heavy atom. The lowest BCUT2D eigenvalue weighted by molar-refractivity contribution is -0.118. The number of amides is 2. The summed E-state index contributed by atoms with van der Waals surface area (Å²) in [5, 5.41) is 6.33. The van der Waals surface area contributed by atoms with Gasteiger partial charge in [-0.05, 0) is 12.1 Å². The Morgan fingerprint density at radius 3 is 2.87 bits per heavy atom. The summed E-state index contributed by atoms with van der Waals surface area (Å²) in [7, 11) is 0. The van der Waals surface area contributed by atoms with Crippen molar-refractivity contribution in [2.45, 2.75) is 23.8 Å². The number of hydrogen-bond acceptors (Lipinski definition) is 5. The first kappa shape index (κ1) is 20.2. The monoisotopic (exact) mass is 375 g/mol. The van der Waals surface area contributed by atoms with Gasteiger partial charge in [-0.15, -0.1) is 24.2 Å². The number of rotatable bonds is 7. The molecular formula is C15H22ClN3O2S2. The zero-order chi connectivity index (χ0) is 15.8. The summed E-state index contributed by atoms with van der Waals surface area (Å²) in [5.74, 6) is 2.40. The highest BCUT2D eigenvalue weighted by Crippen LogP contribution is 2.27. The van der Waals surface area contributed by atoms with E-state index in [2.05, 4.69) is 10.6 Å². The molecule has 0 spiro atoms. The molecule has 1 aliphatic heterocycles. The average molecular weight is 376 g/mol. The summed E-state index contributed by atoms with van der Waals surface area (Å²) in [6, 6.07) is 7.88. The Balaban J connectivity index is 0.00000264. The lowest BCUT2D eigenvalue weighted by Crippen LogP contribution is -2.39. The van der Waals surface area contributed by atoms with Gasteiger partial charge in [0.2, 0.25) is 11.8 Å². The van der Waals surface area contributed by atoms with Crippen LogP contribution < -0.4 is 16.4 Å². The summed E-state index contributed by atoms with van der Waals surface area (Å²) in [6.07, 6.45) is 0.809. The van der Waals surface area contributed by atoms with Crippen molar-refractivity contribution < 1.29 is 9.59 Å². The Hall–Kier alpha value is -0.890. The van der Waals surface area contributed by atoms with Crippen LogP contribution >= 0.6 is 35.9 Å². The molecule has 0 bridgehead atoms. The van der Waals surface area contributed by atoms with E-state index >= 15 is 0 Å². The van der Waals surface area contributed by atoms with Crippen LogP contribution in [0.25, 0.3) is 0 Å². The van der Waals surface area contributed by atoms with E-state index in [-0.39, 0.29) is 30.3 Å². The van der Waals surface area contributed by atoms with Crippen LogP contribution in [0.15, 0.2) is 29.2 Å². The number of para-hydroxylation sites is 1. The van der Waals surface area contributed by atoms with Crippen LogP contribution in [-0.2, 0) is 9.59 Å². The molecule has 2 rings (SSSR count). The summed E-state index contributed by atoms with van der Waals surface area (Å²) in [4.78, 5) is 23.9. The molecule has 1 aromatic rings. The van der Waals surface area contributed by atoms with Gasteiger partial charge in [-0.1, -0.05) is 12.1 Å². The maximum absolute atomic E-state index is 12.2. The second-order valence-corrected chi connectivity index (χ2v) is 7.33. The van der Waals surface area contributed by atoms with E-state index in [0.717, 1.165) is 28.6 Å². The van der Waals surface area contributed by atoms with Crippen molar-refractivity contribution in [3.05, 3.63) is 24.3 Å². The number of nitrogens with two attached hydrogens (primary N) is 1. The smallest absolute Gasteiger partial charge is 0.226 e. The first-order valence-corrected chi connectivity index (χ1v) is 9.40. The molecule has 0 radical (unpaired) electrons. The van der Waals surface area contributed by atoms with Gasteiger partial charge in [0.25, 0.3) is 0 Å². The van der Waals surface area contributed by atoms with Crippen molar-refractivity contribution >= 4 is 53.4 Å². The molecule has 1 unspecified atom stereocenters. The van der Waals surface area contributed by atoms with E-state index in [9.17, 15) is 9.59 Å². The zero-order valence-electron chi connectivity index (χ0n) is 12.7. The molecule has 1 aromatic carbocycles. The van der Waals surface area contributed by atoms with Crippen LogP contribution in [0.3, 0.4) is 0 Å². The number of carbonyl (C=O) groups is 2. The number of primary amides is 1. The molecule has 8 heteroatoms. The van der Waals surface area contributed by atoms with E-state index in [1.54, 1.807) is 0 Å². The van der Waals surface area contributed by atoms with Crippen LogP contribution in [0, 0.1) is 0 Å². The average Bonchev–Trinajstić information content (AvgIpc) is 2.49. The van der Waals surface area contributed by atoms with Crippen molar-refractivity contribution in [3.8, 4) is 0 Å². The minimum atomic E-state index is -0.310. The summed E-state index contributed by atoms with van der Waals surface area (Å²) in [6.45, 7) is 0.960. The van der Waals surface area contributed by atoms with Crippen molar-refractivity contribution in [1.29, 1.82) is 0 Å². The van der Waals surface area contributed by atoms with Crippen LogP contribution in [0.5, 0.6) is 0 Å². The van der Waals surface area contributed by atoms with E-state index in [4.69, 9.17) is 5.73 Å². The largest absolute Gasteiger partial charge is 0.370 e. The predicted octanol–water partition coefficient (Wildman–Crippen LogP) is 2.11. The molecule has 1 atom stereocenters. The molecule has 4 N–H and O–H groups in total. The summed E-state index contributed by atoms with van der Waals surface area (Å²) < 4.78 is 0. The number of hydrogen-bond donors (Lipinski definition) is 3. The Labute approximate surface area is 151 Å². The molecule has 5 nitrogen and oxygen atoms in total. The lowest BCUT2D eigenvalue weighted by atomic mass is 10.2. The molecule has 0 aromatic heterocycles. The fourth-order valence-corrected chi connectivity index (χ4v) is 4.05. The highest BCUT2D eigenvalue weighted by Gasteiger charge is 2.17. The second kappa shape index (κ2) is 10.8. The van der Waals surface area contributed by atoms with Gasteiger partial charge in [0.1, 0.15) is 0 Å². The molecule has 1 saturated heterocycles. The Kier molecular flexibility index (Phi) is 9.47. The number of nitrogens with one attached hydrogen (secondary N) is 2. The maximum atomic E-state index is 12.2. The van der Waals surface area contributed by atoms with Crippen molar-refractivity contribution in [2.24, 2.45) is 5.73 Å². The molecule has 23 heavy (non-hydrogen) atoms. The topological polar surface area (TPSA) is 84.2 Å². The first-order chi connectivity index (χ1) is 10.6. The maximum Gasteiger partial charge on any atom is 0.226 e. The number of anilines is 1. The third-order valence-corrected chi connectivity index (χ3v) is 5.40. The normalized spacial score (nSPS) is 17.1. The Morgan fingerprint density at radius 2 is 2.17 bits per heavy atom. The van der Waals surface area contributed by atoms with Crippen LogP contribution in [-0.4, -0.2) is 41.7 Å².